The van der Waals surface area contributed by atoms with E-state index in [1.165, 1.54) is 11.3 Å². The van der Waals surface area contributed by atoms with Crippen molar-refractivity contribution in [1.29, 1.82) is 0 Å². The number of hydrogen-bond acceptors (Lipinski definition) is 3. The fourth-order valence-corrected chi connectivity index (χ4v) is 2.97. The van der Waals surface area contributed by atoms with Crippen LogP contribution in [-0.2, 0) is 13.5 Å². The molecule has 2 N–H and O–H groups in total. The minimum absolute atomic E-state index is 0.372. The van der Waals surface area contributed by atoms with Gasteiger partial charge in [0.05, 0.1) is 0 Å². The molecule has 20 heavy (non-hydrogen) atoms. The molecule has 1 aromatic heterocycles. The average molecular weight is 270 g/mol. The number of likely N-dealkylation sites (N-methyl/N-ethyl adjacent to an activating group) is 1. The molecule has 0 saturated heterocycles. The first-order chi connectivity index (χ1) is 9.49. The van der Waals surface area contributed by atoms with Crippen molar-refractivity contribution in [2.75, 3.05) is 24.2 Å². The third-order valence-corrected chi connectivity index (χ3v) is 4.17. The molecule has 4 heteroatoms. The van der Waals surface area contributed by atoms with Crippen LogP contribution in [0.2, 0.25) is 0 Å². The predicted octanol–water partition coefficient (Wildman–Crippen LogP) is 2.79. The van der Waals surface area contributed by atoms with Gasteiger partial charge in [0.15, 0.2) is 0 Å². The van der Waals surface area contributed by atoms with Crippen molar-refractivity contribution in [3.63, 3.8) is 0 Å². The Morgan fingerprint density at radius 2 is 2.00 bits per heavy atom. The summed E-state index contributed by atoms with van der Waals surface area (Å²) in [4.78, 5) is 7.04. The highest BCUT2D eigenvalue weighted by Crippen LogP contribution is 2.34. The maximum Gasteiger partial charge on any atom is 0.131 e. The van der Waals surface area contributed by atoms with Gasteiger partial charge in [-0.3, -0.25) is 0 Å². The van der Waals surface area contributed by atoms with Crippen molar-refractivity contribution < 1.29 is 0 Å². The highest BCUT2D eigenvalue weighted by atomic mass is 15.1. The standard InChI is InChI=1S/C16H22N4/c1-10(2)16-18-14(15(17)20(16)4)12-5-6-13-11(9-12)7-8-19(13)3/h5-6,9-10H,7-8,17H2,1-4H3. The maximum atomic E-state index is 6.24. The fraction of sp³-hybridized carbons (Fsp3) is 0.438. The van der Waals surface area contributed by atoms with Gasteiger partial charge >= 0.3 is 0 Å². The van der Waals surface area contributed by atoms with E-state index >= 15 is 0 Å². The predicted molar refractivity (Wildman–Crippen MR) is 84.1 cm³/mol. The summed E-state index contributed by atoms with van der Waals surface area (Å²) in [6, 6.07) is 6.55. The first kappa shape index (κ1) is 13.0. The van der Waals surface area contributed by atoms with Crippen LogP contribution in [0.5, 0.6) is 0 Å². The Morgan fingerprint density at radius 1 is 1.25 bits per heavy atom. The summed E-state index contributed by atoms with van der Waals surface area (Å²) >= 11 is 0. The van der Waals surface area contributed by atoms with E-state index in [0.29, 0.717) is 5.92 Å². The zero-order valence-corrected chi connectivity index (χ0v) is 12.6. The monoisotopic (exact) mass is 270 g/mol. The van der Waals surface area contributed by atoms with Crippen LogP contribution in [-0.4, -0.2) is 23.1 Å². The Bertz CT molecular complexity index is 655. The summed E-state index contributed by atoms with van der Waals surface area (Å²) in [6.45, 7) is 5.38. The summed E-state index contributed by atoms with van der Waals surface area (Å²) in [6.07, 6.45) is 1.10. The highest BCUT2D eigenvalue weighted by molar-refractivity contribution is 5.75. The molecule has 1 aromatic carbocycles. The summed E-state index contributed by atoms with van der Waals surface area (Å²) in [5.41, 5.74) is 11.0. The second kappa shape index (κ2) is 4.54. The fourth-order valence-electron chi connectivity index (χ4n) is 2.97. The van der Waals surface area contributed by atoms with Gasteiger partial charge in [-0.05, 0) is 24.1 Å². The number of benzene rings is 1. The van der Waals surface area contributed by atoms with E-state index in [-0.39, 0.29) is 0 Å². The molecule has 0 atom stereocenters. The molecule has 0 fully saturated rings. The van der Waals surface area contributed by atoms with Crippen molar-refractivity contribution in [2.45, 2.75) is 26.2 Å². The lowest BCUT2D eigenvalue weighted by Crippen LogP contribution is -2.12. The van der Waals surface area contributed by atoms with E-state index in [1.54, 1.807) is 0 Å². The largest absolute Gasteiger partial charge is 0.383 e. The summed E-state index contributed by atoms with van der Waals surface area (Å²) in [7, 11) is 4.12. The molecular formula is C16H22N4. The van der Waals surface area contributed by atoms with Crippen LogP contribution in [0.4, 0.5) is 11.5 Å². The topological polar surface area (TPSA) is 47.1 Å². The van der Waals surface area contributed by atoms with Gasteiger partial charge in [-0.25, -0.2) is 4.98 Å². The van der Waals surface area contributed by atoms with Crippen molar-refractivity contribution in [2.24, 2.45) is 7.05 Å². The number of anilines is 2. The molecule has 0 bridgehead atoms. The summed E-state index contributed by atoms with van der Waals surface area (Å²) in [5.74, 6) is 2.16. The number of rotatable bonds is 2. The molecule has 106 valence electrons. The van der Waals surface area contributed by atoms with Gasteiger partial charge in [-0.2, -0.15) is 0 Å². The smallest absolute Gasteiger partial charge is 0.131 e. The van der Waals surface area contributed by atoms with Crippen LogP contribution in [0.15, 0.2) is 18.2 Å². The van der Waals surface area contributed by atoms with Crippen LogP contribution in [0.25, 0.3) is 11.3 Å². The van der Waals surface area contributed by atoms with Gasteiger partial charge in [0.2, 0.25) is 0 Å². The van der Waals surface area contributed by atoms with Gasteiger partial charge < -0.3 is 15.2 Å². The average Bonchev–Trinajstić information content (AvgIpc) is 2.92. The SMILES string of the molecule is CC(C)c1nc(-c2ccc3c(c2)CCN3C)c(N)n1C. The molecule has 0 saturated carbocycles. The lowest BCUT2D eigenvalue weighted by molar-refractivity contribution is 0.715. The van der Waals surface area contributed by atoms with Crippen molar-refractivity contribution in [3.8, 4) is 11.3 Å². The third-order valence-electron chi connectivity index (χ3n) is 4.17. The lowest BCUT2D eigenvalue weighted by Gasteiger charge is -2.11. The molecule has 1 aliphatic heterocycles. The molecule has 0 amide bonds. The van der Waals surface area contributed by atoms with Crippen LogP contribution in [0.3, 0.4) is 0 Å². The first-order valence-electron chi connectivity index (χ1n) is 7.15. The summed E-state index contributed by atoms with van der Waals surface area (Å²) in [5, 5.41) is 0. The van der Waals surface area contributed by atoms with E-state index < -0.39 is 0 Å². The van der Waals surface area contributed by atoms with Crippen LogP contribution >= 0.6 is 0 Å². The summed E-state index contributed by atoms with van der Waals surface area (Å²) < 4.78 is 2.00. The molecule has 2 heterocycles. The van der Waals surface area contributed by atoms with E-state index in [9.17, 15) is 0 Å². The highest BCUT2D eigenvalue weighted by Gasteiger charge is 2.20. The van der Waals surface area contributed by atoms with Crippen molar-refractivity contribution in [3.05, 3.63) is 29.6 Å². The molecule has 3 rings (SSSR count). The Hall–Kier alpha value is -1.97. The van der Waals surface area contributed by atoms with Gasteiger partial charge in [0.25, 0.3) is 0 Å². The van der Waals surface area contributed by atoms with Gasteiger partial charge in [-0.15, -0.1) is 0 Å². The number of aromatic nitrogens is 2. The quantitative estimate of drug-likeness (QED) is 0.912. The van der Waals surface area contributed by atoms with Crippen LogP contribution in [0, 0.1) is 0 Å². The van der Waals surface area contributed by atoms with Gasteiger partial charge in [-0.1, -0.05) is 19.9 Å². The van der Waals surface area contributed by atoms with E-state index in [0.717, 1.165) is 35.9 Å². The van der Waals surface area contributed by atoms with E-state index in [2.05, 4.69) is 44.0 Å². The minimum Gasteiger partial charge on any atom is -0.383 e. The molecule has 0 spiro atoms. The van der Waals surface area contributed by atoms with Gasteiger partial charge in [0, 0.05) is 37.8 Å². The number of fused-ring (bicyclic) bond motifs is 1. The van der Waals surface area contributed by atoms with Crippen molar-refractivity contribution in [1.82, 2.24) is 9.55 Å². The number of nitrogens with two attached hydrogens (primary N) is 1. The van der Waals surface area contributed by atoms with Gasteiger partial charge in [0.1, 0.15) is 17.3 Å². The Labute approximate surface area is 120 Å². The van der Waals surface area contributed by atoms with Crippen LogP contribution in [0.1, 0.15) is 31.2 Å². The molecule has 0 radical (unpaired) electrons. The zero-order valence-electron chi connectivity index (χ0n) is 12.6. The number of imidazole rings is 1. The van der Waals surface area contributed by atoms with Crippen LogP contribution < -0.4 is 10.6 Å². The number of nitrogen functional groups attached to an aromatic ring is 1. The second-order valence-electron chi connectivity index (χ2n) is 5.93. The second-order valence-corrected chi connectivity index (χ2v) is 5.93. The van der Waals surface area contributed by atoms with Crippen molar-refractivity contribution >= 4 is 11.5 Å². The number of hydrogen-bond donors (Lipinski definition) is 1. The first-order valence-corrected chi connectivity index (χ1v) is 7.15. The molecule has 1 aliphatic rings. The minimum atomic E-state index is 0.372. The Morgan fingerprint density at radius 3 is 2.65 bits per heavy atom. The maximum absolute atomic E-state index is 6.24. The normalized spacial score (nSPS) is 14.2. The van der Waals surface area contributed by atoms with E-state index in [1.807, 2.05) is 11.6 Å². The molecule has 0 aliphatic carbocycles. The van der Waals surface area contributed by atoms with E-state index in [4.69, 9.17) is 10.7 Å². The third kappa shape index (κ3) is 1.87. The molecule has 4 nitrogen and oxygen atoms in total. The molecule has 2 aromatic rings. The lowest BCUT2D eigenvalue weighted by atomic mass is 10.1. The number of nitrogens with zero attached hydrogens (tertiary/aromatic N) is 3. The molecular weight excluding hydrogens is 248 g/mol. The zero-order chi connectivity index (χ0) is 14.4. The Kier molecular flexibility index (Phi) is 2.96. The Balaban J connectivity index is 2.08. The molecule has 0 unspecified atom stereocenters.